The van der Waals surface area contributed by atoms with Crippen LogP contribution in [0.1, 0.15) is 28.1 Å². The highest BCUT2D eigenvalue weighted by atomic mass is 16.5. The average molecular weight is 348 g/mol. The summed E-state index contributed by atoms with van der Waals surface area (Å²) in [5.41, 5.74) is 5.19. The molecule has 1 amide bonds. The molecule has 0 aliphatic heterocycles. The van der Waals surface area contributed by atoms with E-state index >= 15 is 0 Å². The first-order valence-corrected chi connectivity index (χ1v) is 8.86. The molecule has 0 N–H and O–H groups in total. The van der Waals surface area contributed by atoms with Gasteiger partial charge in [-0.05, 0) is 49.6 Å². The minimum absolute atomic E-state index is 0.0793. The van der Waals surface area contributed by atoms with Gasteiger partial charge >= 0.3 is 0 Å². The molecule has 3 aromatic rings. The molecule has 1 aromatic heterocycles. The molecule has 4 heteroatoms. The fourth-order valence-corrected chi connectivity index (χ4v) is 2.91. The van der Waals surface area contributed by atoms with Crippen LogP contribution in [0.2, 0.25) is 0 Å². The normalized spacial score (nSPS) is 10.7. The Morgan fingerprint density at radius 3 is 2.42 bits per heavy atom. The van der Waals surface area contributed by atoms with Crippen molar-refractivity contribution in [3.63, 3.8) is 0 Å². The van der Waals surface area contributed by atoms with Gasteiger partial charge in [0, 0.05) is 24.7 Å². The lowest BCUT2D eigenvalue weighted by molar-refractivity contribution is -0.118. The van der Waals surface area contributed by atoms with Crippen LogP contribution in [0.4, 0.5) is 5.69 Å². The predicted octanol–water partition coefficient (Wildman–Crippen LogP) is 4.42. The van der Waals surface area contributed by atoms with Crippen LogP contribution in [0, 0.1) is 20.8 Å². The monoisotopic (exact) mass is 348 g/mol. The second kappa shape index (κ2) is 8.00. The highest BCUT2D eigenvalue weighted by molar-refractivity contribution is 5.94. The van der Waals surface area contributed by atoms with Crippen molar-refractivity contribution in [2.45, 2.75) is 33.6 Å². The Hall–Kier alpha value is -2.88. The number of anilines is 1. The number of amides is 1. The smallest absolute Gasteiger partial charge is 0.231 e. The van der Waals surface area contributed by atoms with E-state index in [1.807, 2.05) is 54.3 Å². The van der Waals surface area contributed by atoms with Gasteiger partial charge in [0.1, 0.15) is 5.76 Å². The van der Waals surface area contributed by atoms with Gasteiger partial charge in [0.15, 0.2) is 0 Å². The van der Waals surface area contributed by atoms with E-state index in [9.17, 15) is 4.79 Å². The van der Waals surface area contributed by atoms with E-state index < -0.39 is 0 Å². The van der Waals surface area contributed by atoms with E-state index in [0.717, 1.165) is 22.7 Å². The molecule has 26 heavy (non-hydrogen) atoms. The van der Waals surface area contributed by atoms with Crippen LogP contribution >= 0.6 is 0 Å². The number of carbonyl (C=O) groups is 1. The lowest BCUT2D eigenvalue weighted by Gasteiger charge is -2.23. The number of hydrogen-bond acceptors (Lipinski definition) is 3. The summed E-state index contributed by atoms with van der Waals surface area (Å²) >= 11 is 0. The van der Waals surface area contributed by atoms with Crippen molar-refractivity contribution >= 4 is 11.6 Å². The lowest BCUT2D eigenvalue weighted by atomic mass is 10.1. The number of nitrogens with zero attached hydrogens (tertiary/aromatic N) is 2. The standard InChI is InChI=1S/C22H24N2O2/c1-16-9-10-20(13-17(16)2)24(12-11-21-14-18(3)23-26-21)22(25)15-19-7-5-4-6-8-19/h4-10,13-14H,11-12,15H2,1-3H3. The Bertz CT molecular complexity index is 884. The Morgan fingerprint density at radius 1 is 1.00 bits per heavy atom. The molecule has 0 fully saturated rings. The van der Waals surface area contributed by atoms with Crippen LogP contribution in [0.5, 0.6) is 0 Å². The maximum atomic E-state index is 13.0. The van der Waals surface area contributed by atoms with Crippen molar-refractivity contribution in [2.75, 3.05) is 11.4 Å². The number of benzene rings is 2. The molecule has 0 radical (unpaired) electrons. The molecule has 0 aliphatic carbocycles. The second-order valence-corrected chi connectivity index (χ2v) is 6.66. The van der Waals surface area contributed by atoms with Crippen LogP contribution in [0.25, 0.3) is 0 Å². The van der Waals surface area contributed by atoms with Gasteiger partial charge in [-0.3, -0.25) is 4.79 Å². The average Bonchev–Trinajstić information content (AvgIpc) is 3.04. The van der Waals surface area contributed by atoms with Gasteiger partial charge in [0.2, 0.25) is 5.91 Å². The van der Waals surface area contributed by atoms with Gasteiger partial charge in [-0.2, -0.15) is 0 Å². The molecule has 0 unspecified atom stereocenters. The van der Waals surface area contributed by atoms with Gasteiger partial charge in [0.25, 0.3) is 0 Å². The van der Waals surface area contributed by atoms with Gasteiger partial charge in [-0.25, -0.2) is 0 Å². The Balaban J connectivity index is 1.82. The summed E-state index contributed by atoms with van der Waals surface area (Å²) in [6.07, 6.45) is 1.01. The predicted molar refractivity (Wildman–Crippen MR) is 103 cm³/mol. The van der Waals surface area contributed by atoms with E-state index in [1.165, 1.54) is 11.1 Å². The molecule has 4 nitrogen and oxygen atoms in total. The fourth-order valence-electron chi connectivity index (χ4n) is 2.91. The topological polar surface area (TPSA) is 46.3 Å². The van der Waals surface area contributed by atoms with E-state index in [-0.39, 0.29) is 5.91 Å². The summed E-state index contributed by atoms with van der Waals surface area (Å²) in [6.45, 7) is 6.60. The summed E-state index contributed by atoms with van der Waals surface area (Å²) < 4.78 is 5.30. The summed E-state index contributed by atoms with van der Waals surface area (Å²) in [5.74, 6) is 0.875. The molecule has 3 rings (SSSR count). The zero-order valence-corrected chi connectivity index (χ0v) is 15.5. The van der Waals surface area contributed by atoms with Crippen molar-refractivity contribution < 1.29 is 9.32 Å². The number of rotatable bonds is 6. The third kappa shape index (κ3) is 4.39. The molecule has 1 heterocycles. The van der Waals surface area contributed by atoms with E-state index in [4.69, 9.17) is 4.52 Å². The number of hydrogen-bond donors (Lipinski definition) is 0. The van der Waals surface area contributed by atoms with Gasteiger partial charge < -0.3 is 9.42 Å². The van der Waals surface area contributed by atoms with E-state index in [0.29, 0.717) is 19.4 Å². The SMILES string of the molecule is Cc1cc(CCN(C(=O)Cc2ccccc2)c2ccc(C)c(C)c2)on1. The van der Waals surface area contributed by atoms with E-state index in [1.54, 1.807) is 0 Å². The second-order valence-electron chi connectivity index (χ2n) is 6.66. The summed E-state index contributed by atoms with van der Waals surface area (Å²) in [7, 11) is 0. The number of aromatic nitrogens is 1. The number of aryl methyl sites for hydroxylation is 3. The molecule has 0 saturated carbocycles. The largest absolute Gasteiger partial charge is 0.361 e. The third-order valence-electron chi connectivity index (χ3n) is 4.56. The van der Waals surface area contributed by atoms with Crippen LogP contribution in [-0.4, -0.2) is 17.6 Å². The van der Waals surface area contributed by atoms with Crippen LogP contribution in [0.3, 0.4) is 0 Å². The van der Waals surface area contributed by atoms with Crippen LogP contribution < -0.4 is 4.90 Å². The van der Waals surface area contributed by atoms with Crippen LogP contribution in [0.15, 0.2) is 59.1 Å². The third-order valence-corrected chi connectivity index (χ3v) is 4.56. The van der Waals surface area contributed by atoms with Gasteiger partial charge in [-0.1, -0.05) is 41.6 Å². The molecule has 2 aromatic carbocycles. The molecule has 134 valence electrons. The molecular weight excluding hydrogens is 324 g/mol. The van der Waals surface area contributed by atoms with E-state index in [2.05, 4.69) is 31.1 Å². The lowest BCUT2D eigenvalue weighted by Crippen LogP contribution is -2.34. The first-order valence-electron chi connectivity index (χ1n) is 8.86. The maximum absolute atomic E-state index is 13.0. The minimum Gasteiger partial charge on any atom is -0.361 e. The van der Waals surface area contributed by atoms with Gasteiger partial charge in [0.05, 0.1) is 12.1 Å². The summed E-state index contributed by atoms with van der Waals surface area (Å²) in [5, 5.41) is 3.93. The van der Waals surface area contributed by atoms with Crippen molar-refractivity contribution in [3.05, 3.63) is 82.7 Å². The zero-order valence-electron chi connectivity index (χ0n) is 15.5. The van der Waals surface area contributed by atoms with Crippen molar-refractivity contribution in [1.29, 1.82) is 0 Å². The first kappa shape index (κ1) is 17.9. The molecule has 0 saturated heterocycles. The zero-order chi connectivity index (χ0) is 18.5. The Kier molecular flexibility index (Phi) is 5.52. The van der Waals surface area contributed by atoms with Crippen molar-refractivity contribution in [3.8, 4) is 0 Å². The Labute approximate surface area is 154 Å². The molecule has 0 aliphatic rings. The number of carbonyl (C=O) groups excluding carboxylic acids is 1. The van der Waals surface area contributed by atoms with Crippen LogP contribution in [-0.2, 0) is 17.6 Å². The summed E-state index contributed by atoms with van der Waals surface area (Å²) in [4.78, 5) is 14.9. The first-order chi connectivity index (χ1) is 12.5. The highest BCUT2D eigenvalue weighted by Gasteiger charge is 2.17. The molecular formula is C22H24N2O2. The molecule has 0 atom stereocenters. The molecule has 0 bridgehead atoms. The molecule has 0 spiro atoms. The fraction of sp³-hybridized carbons (Fsp3) is 0.273. The minimum atomic E-state index is 0.0793. The van der Waals surface area contributed by atoms with Crippen molar-refractivity contribution in [1.82, 2.24) is 5.16 Å². The maximum Gasteiger partial charge on any atom is 0.231 e. The van der Waals surface area contributed by atoms with Crippen molar-refractivity contribution in [2.24, 2.45) is 0 Å². The highest BCUT2D eigenvalue weighted by Crippen LogP contribution is 2.21. The Morgan fingerprint density at radius 2 is 1.77 bits per heavy atom. The summed E-state index contributed by atoms with van der Waals surface area (Å²) in [6, 6.07) is 17.9. The quantitative estimate of drug-likeness (QED) is 0.662. The van der Waals surface area contributed by atoms with Gasteiger partial charge in [-0.15, -0.1) is 0 Å².